The quantitative estimate of drug-likeness (QED) is 0.189. The molecule has 9 rings (SSSR count). The van der Waals surface area contributed by atoms with E-state index < -0.39 is 31.4 Å². The Bertz CT molecular complexity index is 3000. The minimum absolute atomic E-state index is 0.0393. The van der Waals surface area contributed by atoms with Crippen LogP contribution in [0.4, 0.5) is 0 Å². The van der Waals surface area contributed by atoms with E-state index in [0.717, 1.165) is 27.7 Å². The van der Waals surface area contributed by atoms with Gasteiger partial charge in [-0.3, -0.25) is 8.97 Å². The fourth-order valence-corrected chi connectivity index (χ4v) is 7.84. The molecule has 0 spiro atoms. The third-order valence-electron chi connectivity index (χ3n) is 11.2. The lowest BCUT2D eigenvalue weighted by Crippen LogP contribution is -2.39. The molecule has 6 aromatic carbocycles. The lowest BCUT2D eigenvalue weighted by molar-refractivity contribution is 0.306. The van der Waals surface area contributed by atoms with Gasteiger partial charge in [0, 0.05) is 39.9 Å². The maximum absolute atomic E-state index is 9.14. The Morgan fingerprint density at radius 2 is 1.24 bits per heavy atom. The van der Waals surface area contributed by atoms with Gasteiger partial charge in [-0.1, -0.05) is 113 Å². The summed E-state index contributed by atoms with van der Waals surface area (Å²) in [5.41, 5.74) is 3.91. The molecule has 0 amide bonds. The maximum Gasteiger partial charge on any atom is 0.220 e. The van der Waals surface area contributed by atoms with E-state index in [4.69, 9.17) is 22.1 Å². The first-order valence-corrected chi connectivity index (χ1v) is 16.8. The standard InChI is InChI=1S/C46H41N3O/c1-28-26-27-32(30(3)42(28)33-17-14-19-35-43(33)50-41-25-13-8-18-34(41)45(4,5)46(35,6)7)31-16-15-24-37(29(31)2)48-39-22-11-12-23-40(39)49-38-21-10-9-20-36(38)47-44(48)49/h8-27H,1-7H3/i1D3,2D3,3D3. The van der Waals surface area contributed by atoms with E-state index >= 15 is 0 Å². The van der Waals surface area contributed by atoms with E-state index in [0.29, 0.717) is 28.5 Å². The van der Waals surface area contributed by atoms with Crippen molar-refractivity contribution in [3.63, 3.8) is 0 Å². The SMILES string of the molecule is [2H]C([2H])([2H])c1ccc(-c2cccc(-n3c4ccccc4n4c5ccccc5nc34)c2C([2H])([2H])[2H])c(C([2H])([2H])[2H])c1-c1cccc2c1Oc1ccccc1C(C)(C)C2(C)C. The molecule has 0 bridgehead atoms. The summed E-state index contributed by atoms with van der Waals surface area (Å²) >= 11 is 0. The second-order valence-corrected chi connectivity index (χ2v) is 14.2. The third-order valence-corrected chi connectivity index (χ3v) is 11.2. The van der Waals surface area contributed by atoms with Crippen molar-refractivity contribution in [2.45, 2.75) is 59.1 Å². The molecule has 0 aliphatic carbocycles. The normalized spacial score (nSPS) is 18.2. The highest BCUT2D eigenvalue weighted by atomic mass is 16.5. The topological polar surface area (TPSA) is 31.5 Å². The molecule has 0 atom stereocenters. The van der Waals surface area contributed by atoms with Crippen molar-refractivity contribution in [2.24, 2.45) is 0 Å². The summed E-state index contributed by atoms with van der Waals surface area (Å²) in [6.45, 7) is 0.00912. The largest absolute Gasteiger partial charge is 0.456 e. The van der Waals surface area contributed by atoms with Gasteiger partial charge in [0.15, 0.2) is 0 Å². The van der Waals surface area contributed by atoms with Crippen molar-refractivity contribution in [3.8, 4) is 39.4 Å². The highest BCUT2D eigenvalue weighted by molar-refractivity contribution is 5.93. The van der Waals surface area contributed by atoms with Crippen LogP contribution in [0.15, 0.2) is 121 Å². The van der Waals surface area contributed by atoms with Gasteiger partial charge in [0.2, 0.25) is 5.78 Å². The summed E-state index contributed by atoms with van der Waals surface area (Å²) in [5.74, 6) is 1.41. The van der Waals surface area contributed by atoms with Crippen LogP contribution in [-0.4, -0.2) is 14.0 Å². The molecule has 3 heterocycles. The zero-order valence-corrected chi connectivity index (χ0v) is 28.3. The van der Waals surface area contributed by atoms with E-state index in [9.17, 15) is 0 Å². The Hall–Kier alpha value is -5.61. The van der Waals surface area contributed by atoms with Crippen LogP contribution in [0.2, 0.25) is 0 Å². The van der Waals surface area contributed by atoms with Gasteiger partial charge >= 0.3 is 0 Å². The minimum atomic E-state index is -2.93. The molecule has 1 aliphatic rings. The predicted octanol–water partition coefficient (Wildman–Crippen LogP) is 12.1. The summed E-state index contributed by atoms with van der Waals surface area (Å²) in [7, 11) is 0. The van der Waals surface area contributed by atoms with Crippen molar-refractivity contribution in [1.82, 2.24) is 14.0 Å². The first-order valence-electron chi connectivity index (χ1n) is 21.3. The number of aryl methyl sites for hydroxylation is 1. The highest BCUT2D eigenvalue weighted by Gasteiger charge is 2.45. The van der Waals surface area contributed by atoms with E-state index in [1.54, 1.807) is 34.9 Å². The van der Waals surface area contributed by atoms with Crippen LogP contribution in [0.25, 0.3) is 55.8 Å². The molecule has 2 aromatic heterocycles. The number of rotatable bonds is 3. The summed E-state index contributed by atoms with van der Waals surface area (Å²) in [5, 5.41) is 0. The van der Waals surface area contributed by atoms with Gasteiger partial charge in [-0.2, -0.15) is 0 Å². The van der Waals surface area contributed by atoms with Crippen LogP contribution >= 0.6 is 0 Å². The summed E-state index contributed by atoms with van der Waals surface area (Å²) in [6, 6.07) is 36.3. The van der Waals surface area contributed by atoms with Gasteiger partial charge in [0.25, 0.3) is 0 Å². The molecular weight excluding hydrogens is 611 g/mol. The van der Waals surface area contributed by atoms with Crippen molar-refractivity contribution in [2.75, 3.05) is 0 Å². The lowest BCUT2D eigenvalue weighted by Gasteiger charge is -2.41. The van der Waals surface area contributed by atoms with Gasteiger partial charge < -0.3 is 4.74 Å². The second kappa shape index (κ2) is 10.7. The van der Waals surface area contributed by atoms with Crippen LogP contribution in [0.5, 0.6) is 11.5 Å². The van der Waals surface area contributed by atoms with Crippen molar-refractivity contribution in [1.29, 1.82) is 0 Å². The first-order chi connectivity index (χ1) is 27.7. The van der Waals surface area contributed by atoms with Crippen LogP contribution in [0.1, 0.15) is 67.8 Å². The van der Waals surface area contributed by atoms with Gasteiger partial charge in [-0.15, -0.1) is 0 Å². The second-order valence-electron chi connectivity index (χ2n) is 14.2. The number of nitrogens with zero attached hydrogens (tertiary/aromatic N) is 3. The molecule has 0 radical (unpaired) electrons. The molecule has 1 aliphatic heterocycles. The van der Waals surface area contributed by atoms with Crippen LogP contribution < -0.4 is 4.74 Å². The van der Waals surface area contributed by atoms with Gasteiger partial charge in [0.1, 0.15) is 11.5 Å². The Morgan fingerprint density at radius 3 is 2.06 bits per heavy atom. The average molecular weight is 661 g/mol. The lowest BCUT2D eigenvalue weighted by atomic mass is 9.61. The Kier molecular flexibility index (Phi) is 4.74. The molecule has 0 N–H and O–H groups in total. The average Bonchev–Trinajstić information content (AvgIpc) is 3.69. The smallest absolute Gasteiger partial charge is 0.220 e. The van der Waals surface area contributed by atoms with Crippen LogP contribution in [-0.2, 0) is 10.8 Å². The van der Waals surface area contributed by atoms with Gasteiger partial charge in [-0.25, -0.2) is 4.98 Å². The molecule has 0 fully saturated rings. The monoisotopic (exact) mass is 660 g/mol. The summed E-state index contributed by atoms with van der Waals surface area (Å²) in [6.07, 6.45) is 0. The molecule has 50 heavy (non-hydrogen) atoms. The number of imidazole rings is 2. The van der Waals surface area contributed by atoms with E-state index in [-0.39, 0.29) is 38.9 Å². The molecular formula is C46H41N3O. The van der Waals surface area contributed by atoms with E-state index in [1.165, 1.54) is 12.1 Å². The number of aromatic nitrogens is 3. The fourth-order valence-electron chi connectivity index (χ4n) is 7.84. The highest BCUT2D eigenvalue weighted by Crippen LogP contribution is 2.55. The molecule has 0 unspecified atom stereocenters. The molecule has 4 heteroatoms. The third kappa shape index (κ3) is 4.08. The Labute approximate surface area is 306 Å². The van der Waals surface area contributed by atoms with E-state index in [1.807, 2.05) is 83.3 Å². The number of para-hydroxylation sites is 6. The maximum atomic E-state index is 9.14. The van der Waals surface area contributed by atoms with Crippen LogP contribution in [0.3, 0.4) is 0 Å². The number of hydrogen-bond donors (Lipinski definition) is 0. The number of fused-ring (bicyclic) bond motifs is 7. The molecule has 0 saturated heterocycles. The number of ether oxygens (including phenoxy) is 1. The van der Waals surface area contributed by atoms with Gasteiger partial charge in [-0.05, 0) is 90.3 Å². The zero-order chi connectivity index (χ0) is 42.0. The minimum Gasteiger partial charge on any atom is -0.456 e. The van der Waals surface area contributed by atoms with E-state index in [2.05, 4.69) is 27.7 Å². The summed E-state index contributed by atoms with van der Waals surface area (Å²) < 4.78 is 91.5. The predicted molar refractivity (Wildman–Crippen MR) is 207 cm³/mol. The molecule has 8 aromatic rings. The van der Waals surface area contributed by atoms with Crippen molar-refractivity contribution >= 4 is 27.8 Å². The van der Waals surface area contributed by atoms with Crippen molar-refractivity contribution in [3.05, 3.63) is 149 Å². The Balaban J connectivity index is 1.40. The number of benzene rings is 6. The molecule has 0 saturated carbocycles. The van der Waals surface area contributed by atoms with Crippen molar-refractivity contribution < 1.29 is 17.1 Å². The van der Waals surface area contributed by atoms with Crippen LogP contribution in [0, 0.1) is 20.6 Å². The molecule has 4 nitrogen and oxygen atoms in total. The zero-order valence-electron chi connectivity index (χ0n) is 37.3. The first kappa shape index (κ1) is 22.2. The fraction of sp³-hybridized carbons (Fsp3) is 0.196. The summed E-state index contributed by atoms with van der Waals surface area (Å²) in [4.78, 5) is 4.97. The number of hydrogen-bond acceptors (Lipinski definition) is 2. The molecule has 246 valence electrons. The Morgan fingerprint density at radius 1 is 0.580 bits per heavy atom. The van der Waals surface area contributed by atoms with Gasteiger partial charge in [0.05, 0.1) is 27.8 Å².